The van der Waals surface area contributed by atoms with E-state index in [1.165, 1.54) is 6.20 Å². The van der Waals surface area contributed by atoms with Gasteiger partial charge in [-0.05, 0) is 12.1 Å². The highest BCUT2D eigenvalue weighted by Crippen LogP contribution is 2.61. The van der Waals surface area contributed by atoms with Gasteiger partial charge in [0.1, 0.15) is 0 Å². The highest BCUT2D eigenvalue weighted by molar-refractivity contribution is 7.62. The molecule has 20 heavy (non-hydrogen) atoms. The molecule has 0 aromatic heterocycles. The Morgan fingerprint density at radius 1 is 1.10 bits per heavy atom. The van der Waals surface area contributed by atoms with Gasteiger partial charge in [-0.25, -0.2) is 14.1 Å². The molecular weight excluding hydrogens is 275 g/mol. The van der Waals surface area contributed by atoms with E-state index < -0.39 is 7.44 Å². The molecule has 0 saturated carbocycles. The maximum atomic E-state index is 12.7. The van der Waals surface area contributed by atoms with Crippen molar-refractivity contribution in [3.63, 3.8) is 0 Å². The number of urea groups is 1. The molecule has 2 aliphatic heterocycles. The zero-order valence-electron chi connectivity index (χ0n) is 11.0. The Labute approximate surface area is 117 Å². The maximum Gasteiger partial charge on any atom is 0.323 e. The number of hydrogen-bond acceptors (Lipinski definition) is 2. The van der Waals surface area contributed by atoms with Crippen molar-refractivity contribution in [3.8, 4) is 0 Å². The summed E-state index contributed by atoms with van der Waals surface area (Å²) in [6.07, 6.45) is 1.48. The number of hydrogen-bond donors (Lipinski definition) is 2. The van der Waals surface area contributed by atoms with Crippen molar-refractivity contribution in [2.24, 2.45) is 0 Å². The number of anilines is 1. The molecule has 0 atom stereocenters. The second-order valence-electron chi connectivity index (χ2n) is 4.78. The van der Waals surface area contributed by atoms with Crippen LogP contribution >= 0.6 is 7.44 Å². The number of amides is 2. The normalized spacial score (nSPS) is 19.0. The summed E-state index contributed by atoms with van der Waals surface area (Å²) in [4.78, 5) is 11.7. The molecule has 0 bridgehead atoms. The Balaban J connectivity index is 1.54. The zero-order chi connectivity index (χ0) is 14.0. The topological polar surface area (TPSA) is 64.2 Å². The van der Waals surface area contributed by atoms with Crippen LogP contribution in [0.1, 0.15) is 0 Å². The molecule has 2 saturated heterocycles. The van der Waals surface area contributed by atoms with Crippen molar-refractivity contribution in [1.82, 2.24) is 14.7 Å². The van der Waals surface area contributed by atoms with Crippen LogP contribution in [0.15, 0.2) is 42.3 Å². The Hall–Kier alpha value is -1.62. The van der Waals surface area contributed by atoms with Crippen molar-refractivity contribution in [2.45, 2.75) is 0 Å². The van der Waals surface area contributed by atoms with Crippen molar-refractivity contribution in [2.75, 3.05) is 31.5 Å². The van der Waals surface area contributed by atoms with E-state index in [1.54, 1.807) is 17.9 Å². The fraction of sp³-hybridized carbons (Fsp3) is 0.308. The smallest absolute Gasteiger partial charge is 0.314 e. The van der Waals surface area contributed by atoms with Gasteiger partial charge in [0.05, 0.1) is 0 Å². The van der Waals surface area contributed by atoms with Gasteiger partial charge in [-0.15, -0.1) is 0 Å². The van der Waals surface area contributed by atoms with Crippen molar-refractivity contribution in [1.29, 1.82) is 0 Å². The Kier molecular flexibility index (Phi) is 3.61. The lowest BCUT2D eigenvalue weighted by molar-refractivity contribution is 0.255. The Morgan fingerprint density at radius 3 is 2.25 bits per heavy atom. The predicted molar refractivity (Wildman–Crippen MR) is 78.5 cm³/mol. The first-order chi connectivity index (χ1) is 9.68. The second-order valence-corrected chi connectivity index (χ2v) is 7.38. The van der Waals surface area contributed by atoms with Crippen LogP contribution in [-0.4, -0.2) is 41.6 Å². The minimum Gasteiger partial charge on any atom is -0.314 e. The summed E-state index contributed by atoms with van der Waals surface area (Å²) in [6, 6.07) is 8.85. The average Bonchev–Trinajstić information content (AvgIpc) is 3.31. The van der Waals surface area contributed by atoms with Crippen LogP contribution in [0.3, 0.4) is 0 Å². The standard InChI is InChI=1S/C13H17N4O2P/c18-13(15-12-4-2-1-3-5-12)14-6-11-20(19,16-7-8-16)17-9-10-17/h1-6,11H,7-10H2,(H2,14,15,18)/b11-6+. The van der Waals surface area contributed by atoms with Crippen molar-refractivity contribution in [3.05, 3.63) is 42.3 Å². The molecule has 106 valence electrons. The number of rotatable bonds is 5. The zero-order valence-corrected chi connectivity index (χ0v) is 11.9. The van der Waals surface area contributed by atoms with E-state index in [0.29, 0.717) is 0 Å². The van der Waals surface area contributed by atoms with Crippen LogP contribution in [0.2, 0.25) is 0 Å². The summed E-state index contributed by atoms with van der Waals surface area (Å²) in [6.45, 7) is 3.48. The van der Waals surface area contributed by atoms with Gasteiger partial charge in [-0.1, -0.05) is 18.2 Å². The highest BCUT2D eigenvalue weighted by Gasteiger charge is 2.45. The average molecular weight is 292 g/mol. The molecule has 2 fully saturated rings. The molecule has 6 nitrogen and oxygen atoms in total. The molecule has 1 aromatic rings. The van der Waals surface area contributed by atoms with Gasteiger partial charge in [0.15, 0.2) is 0 Å². The van der Waals surface area contributed by atoms with Gasteiger partial charge < -0.3 is 10.6 Å². The lowest BCUT2D eigenvalue weighted by atomic mass is 10.3. The highest BCUT2D eigenvalue weighted by atomic mass is 31.2. The first-order valence-electron chi connectivity index (χ1n) is 6.59. The molecule has 2 aliphatic rings. The fourth-order valence-electron chi connectivity index (χ4n) is 1.93. The monoisotopic (exact) mass is 292 g/mol. The minimum atomic E-state index is -2.54. The Bertz CT molecular complexity index is 551. The van der Waals surface area contributed by atoms with E-state index in [0.717, 1.165) is 31.9 Å². The summed E-state index contributed by atoms with van der Waals surface area (Å²) in [7, 11) is -2.54. The Morgan fingerprint density at radius 2 is 1.70 bits per heavy atom. The van der Waals surface area contributed by atoms with Crippen LogP contribution in [0.5, 0.6) is 0 Å². The van der Waals surface area contributed by atoms with Crippen molar-refractivity contribution < 1.29 is 9.36 Å². The third-order valence-electron chi connectivity index (χ3n) is 3.17. The van der Waals surface area contributed by atoms with Crippen LogP contribution in [0, 0.1) is 0 Å². The van der Waals surface area contributed by atoms with Gasteiger partial charge >= 0.3 is 6.03 Å². The molecule has 0 unspecified atom stereocenters. The van der Waals surface area contributed by atoms with E-state index in [1.807, 2.05) is 27.5 Å². The molecule has 0 radical (unpaired) electrons. The molecule has 3 rings (SSSR count). The van der Waals surface area contributed by atoms with Gasteiger partial charge in [-0.2, -0.15) is 0 Å². The fourth-order valence-corrected chi connectivity index (χ4v) is 4.26. The van der Waals surface area contributed by atoms with Gasteiger partial charge in [0.2, 0.25) is 7.44 Å². The van der Waals surface area contributed by atoms with E-state index >= 15 is 0 Å². The number of benzene rings is 1. The third-order valence-corrected chi connectivity index (χ3v) is 6.13. The van der Waals surface area contributed by atoms with Gasteiger partial charge in [-0.3, -0.25) is 4.57 Å². The van der Waals surface area contributed by atoms with Gasteiger partial charge in [0.25, 0.3) is 0 Å². The maximum absolute atomic E-state index is 12.7. The van der Waals surface area contributed by atoms with Crippen LogP contribution in [-0.2, 0) is 4.57 Å². The number of carbonyl (C=O) groups is 1. The second kappa shape index (κ2) is 5.40. The number of carbonyl (C=O) groups excluding carboxylic acids is 1. The number of para-hydroxylation sites is 1. The molecular formula is C13H17N4O2P. The van der Waals surface area contributed by atoms with E-state index in [2.05, 4.69) is 10.6 Å². The molecule has 2 N–H and O–H groups in total. The van der Waals surface area contributed by atoms with Crippen LogP contribution < -0.4 is 10.6 Å². The van der Waals surface area contributed by atoms with E-state index in [-0.39, 0.29) is 6.03 Å². The van der Waals surface area contributed by atoms with Gasteiger partial charge in [0, 0.05) is 43.9 Å². The first-order valence-corrected chi connectivity index (χ1v) is 8.27. The molecule has 0 spiro atoms. The van der Waals surface area contributed by atoms with Crippen molar-refractivity contribution >= 4 is 19.2 Å². The molecule has 0 aliphatic carbocycles. The molecule has 1 aromatic carbocycles. The summed E-state index contributed by atoms with van der Waals surface area (Å²) < 4.78 is 16.5. The SMILES string of the molecule is O=C(N/C=C/P(=O)(N1CC1)N1CC1)Nc1ccccc1. The lowest BCUT2D eigenvalue weighted by Gasteiger charge is -2.15. The molecule has 7 heteroatoms. The van der Waals surface area contributed by atoms with Crippen LogP contribution in [0.4, 0.5) is 10.5 Å². The summed E-state index contributed by atoms with van der Waals surface area (Å²) in [5, 5.41) is 5.30. The quantitative estimate of drug-likeness (QED) is 0.644. The molecule has 2 amide bonds. The van der Waals surface area contributed by atoms with E-state index in [4.69, 9.17) is 0 Å². The third kappa shape index (κ3) is 3.10. The summed E-state index contributed by atoms with van der Waals surface area (Å²) >= 11 is 0. The predicted octanol–water partition coefficient (Wildman–Crippen LogP) is 2.10. The summed E-state index contributed by atoms with van der Waals surface area (Å²) in [5.74, 6) is 1.62. The van der Waals surface area contributed by atoms with E-state index in [9.17, 15) is 9.36 Å². The molecule has 2 heterocycles. The first kappa shape index (κ1) is 13.4. The van der Waals surface area contributed by atoms with Crippen LogP contribution in [0.25, 0.3) is 0 Å². The minimum absolute atomic E-state index is 0.337. The largest absolute Gasteiger partial charge is 0.323 e. The number of nitrogens with one attached hydrogen (secondary N) is 2. The summed E-state index contributed by atoms with van der Waals surface area (Å²) in [5.41, 5.74) is 0.721. The number of nitrogens with zero attached hydrogens (tertiary/aromatic N) is 2. The lowest BCUT2D eigenvalue weighted by Crippen LogP contribution is -2.23.